The number of para-hydroxylation sites is 1. The molecule has 1 N–H and O–H groups in total. The molecule has 1 aromatic carbocycles. The topological polar surface area (TPSA) is 58.4 Å². The molecule has 0 saturated carbocycles. The number of fused-ring (bicyclic) bond motifs is 1. The summed E-state index contributed by atoms with van der Waals surface area (Å²) in [4.78, 5) is 19.0. The maximum absolute atomic E-state index is 12.6. The minimum Gasteiger partial charge on any atom is -0.448 e. The Labute approximate surface area is 162 Å². The van der Waals surface area contributed by atoms with E-state index in [0.29, 0.717) is 18.1 Å². The van der Waals surface area contributed by atoms with E-state index >= 15 is 0 Å². The number of thiazole rings is 1. The van der Waals surface area contributed by atoms with Crippen molar-refractivity contribution in [2.75, 3.05) is 19.6 Å². The number of amides is 1. The molecule has 8 heteroatoms. The lowest BCUT2D eigenvalue weighted by atomic mass is 10.2. The third-order valence-corrected chi connectivity index (χ3v) is 5.13. The third kappa shape index (κ3) is 3.82. The molecule has 1 saturated heterocycles. The van der Waals surface area contributed by atoms with Crippen LogP contribution in [0.25, 0.3) is 21.0 Å². The number of hydrogen-bond acceptors (Lipinski definition) is 5. The SMILES string of the molecule is C[C@H]1CNCCN1C(=O)c1ccc(-c2nc3ccccc3s2)o1.Cl.Cl. The van der Waals surface area contributed by atoms with Gasteiger partial charge < -0.3 is 14.6 Å². The normalized spacial score (nSPS) is 17.0. The van der Waals surface area contributed by atoms with Gasteiger partial charge in [-0.15, -0.1) is 36.2 Å². The molecule has 0 spiro atoms. The van der Waals surface area contributed by atoms with Crippen molar-refractivity contribution < 1.29 is 9.21 Å². The minimum absolute atomic E-state index is 0. The van der Waals surface area contributed by atoms with Crippen LogP contribution < -0.4 is 5.32 Å². The summed E-state index contributed by atoms with van der Waals surface area (Å²) >= 11 is 1.57. The van der Waals surface area contributed by atoms with E-state index in [1.807, 2.05) is 42.2 Å². The summed E-state index contributed by atoms with van der Waals surface area (Å²) in [5, 5.41) is 4.09. The van der Waals surface area contributed by atoms with E-state index in [1.165, 1.54) is 0 Å². The fraction of sp³-hybridized carbons (Fsp3) is 0.294. The minimum atomic E-state index is -0.0497. The van der Waals surface area contributed by atoms with E-state index in [1.54, 1.807) is 17.4 Å². The van der Waals surface area contributed by atoms with Crippen molar-refractivity contribution in [3.8, 4) is 10.8 Å². The maximum Gasteiger partial charge on any atom is 0.289 e. The van der Waals surface area contributed by atoms with Gasteiger partial charge in [0.15, 0.2) is 16.5 Å². The number of nitrogens with one attached hydrogen (secondary N) is 1. The first-order chi connectivity index (χ1) is 11.2. The molecular weight excluding hydrogens is 381 g/mol. The van der Waals surface area contributed by atoms with Gasteiger partial charge in [0, 0.05) is 25.7 Å². The molecule has 4 rings (SSSR count). The number of rotatable bonds is 2. The van der Waals surface area contributed by atoms with Crippen molar-refractivity contribution in [1.29, 1.82) is 0 Å². The monoisotopic (exact) mass is 399 g/mol. The van der Waals surface area contributed by atoms with E-state index in [0.717, 1.165) is 28.3 Å². The number of aromatic nitrogens is 1. The van der Waals surface area contributed by atoms with Crippen molar-refractivity contribution >= 4 is 52.3 Å². The highest BCUT2D eigenvalue weighted by Crippen LogP contribution is 2.31. The van der Waals surface area contributed by atoms with Crippen LogP contribution in [0.4, 0.5) is 0 Å². The van der Waals surface area contributed by atoms with Crippen molar-refractivity contribution in [2.24, 2.45) is 0 Å². The number of carbonyl (C=O) groups is 1. The molecule has 1 amide bonds. The van der Waals surface area contributed by atoms with E-state index < -0.39 is 0 Å². The average Bonchev–Trinajstić information content (AvgIpc) is 3.21. The smallest absolute Gasteiger partial charge is 0.289 e. The predicted molar refractivity (Wildman–Crippen MR) is 105 cm³/mol. The molecule has 0 unspecified atom stereocenters. The third-order valence-electron chi connectivity index (χ3n) is 4.08. The Hall–Kier alpha value is -1.60. The van der Waals surface area contributed by atoms with Gasteiger partial charge in [-0.3, -0.25) is 4.79 Å². The van der Waals surface area contributed by atoms with Gasteiger partial charge in [-0.05, 0) is 31.2 Å². The highest BCUT2D eigenvalue weighted by molar-refractivity contribution is 7.21. The Bertz CT molecular complexity index is 831. The van der Waals surface area contributed by atoms with E-state index in [2.05, 4.69) is 10.3 Å². The zero-order chi connectivity index (χ0) is 15.8. The quantitative estimate of drug-likeness (QED) is 0.710. The number of piperazine rings is 1. The summed E-state index contributed by atoms with van der Waals surface area (Å²) in [6.07, 6.45) is 0. The second-order valence-corrected chi connectivity index (χ2v) is 6.73. The van der Waals surface area contributed by atoms with E-state index in [9.17, 15) is 4.79 Å². The summed E-state index contributed by atoms with van der Waals surface area (Å²) in [5.41, 5.74) is 0.951. The number of nitrogens with zero attached hydrogens (tertiary/aromatic N) is 2. The molecular formula is C17H19Cl2N3O2S. The van der Waals surface area contributed by atoms with Gasteiger partial charge in [0.05, 0.1) is 10.2 Å². The molecule has 0 aliphatic carbocycles. The number of furan rings is 1. The summed E-state index contributed by atoms with van der Waals surface area (Å²) in [7, 11) is 0. The summed E-state index contributed by atoms with van der Waals surface area (Å²) < 4.78 is 6.91. The van der Waals surface area contributed by atoms with E-state index in [-0.39, 0.29) is 36.8 Å². The first kappa shape index (κ1) is 19.7. The molecule has 2 aromatic heterocycles. The van der Waals surface area contributed by atoms with Gasteiger partial charge >= 0.3 is 0 Å². The van der Waals surface area contributed by atoms with Crippen LogP contribution in [0.1, 0.15) is 17.5 Å². The van der Waals surface area contributed by atoms with Crippen molar-refractivity contribution in [3.05, 3.63) is 42.2 Å². The summed E-state index contributed by atoms with van der Waals surface area (Å²) in [6.45, 7) is 4.39. The Morgan fingerprint density at radius 1 is 1.28 bits per heavy atom. The zero-order valence-corrected chi connectivity index (χ0v) is 16.0. The van der Waals surface area contributed by atoms with Gasteiger partial charge in [0.1, 0.15) is 0 Å². The van der Waals surface area contributed by atoms with Crippen LogP contribution in [0, 0.1) is 0 Å². The summed E-state index contributed by atoms with van der Waals surface area (Å²) in [6, 6.07) is 11.7. The van der Waals surface area contributed by atoms with Gasteiger partial charge in [-0.25, -0.2) is 4.98 Å². The average molecular weight is 400 g/mol. The van der Waals surface area contributed by atoms with Crippen molar-refractivity contribution in [2.45, 2.75) is 13.0 Å². The number of benzene rings is 1. The number of halogens is 2. The van der Waals surface area contributed by atoms with Gasteiger partial charge in [-0.2, -0.15) is 0 Å². The van der Waals surface area contributed by atoms with Gasteiger partial charge in [0.2, 0.25) is 0 Å². The first-order valence-electron chi connectivity index (χ1n) is 7.70. The molecule has 5 nitrogen and oxygen atoms in total. The van der Waals surface area contributed by atoms with Crippen LogP contribution in [0.15, 0.2) is 40.8 Å². The maximum atomic E-state index is 12.6. The van der Waals surface area contributed by atoms with Crippen LogP contribution >= 0.6 is 36.2 Å². The van der Waals surface area contributed by atoms with Gasteiger partial charge in [-0.1, -0.05) is 12.1 Å². The Balaban J connectivity index is 0.00000113. The molecule has 0 radical (unpaired) electrons. The Kier molecular flexibility index (Phi) is 6.46. The lowest BCUT2D eigenvalue weighted by Gasteiger charge is -2.33. The molecule has 134 valence electrons. The Morgan fingerprint density at radius 2 is 2.08 bits per heavy atom. The largest absolute Gasteiger partial charge is 0.448 e. The lowest BCUT2D eigenvalue weighted by molar-refractivity contribution is 0.0624. The molecule has 1 atom stereocenters. The molecule has 3 aromatic rings. The van der Waals surface area contributed by atoms with Crippen LogP contribution in [0.2, 0.25) is 0 Å². The predicted octanol–water partition coefficient (Wildman–Crippen LogP) is 3.83. The molecule has 1 fully saturated rings. The van der Waals surface area contributed by atoms with E-state index in [4.69, 9.17) is 4.42 Å². The van der Waals surface area contributed by atoms with Crippen molar-refractivity contribution in [1.82, 2.24) is 15.2 Å². The number of hydrogen-bond donors (Lipinski definition) is 1. The van der Waals surface area contributed by atoms with Crippen molar-refractivity contribution in [3.63, 3.8) is 0 Å². The second-order valence-electron chi connectivity index (χ2n) is 5.70. The molecule has 1 aliphatic heterocycles. The zero-order valence-electron chi connectivity index (χ0n) is 13.6. The first-order valence-corrected chi connectivity index (χ1v) is 8.51. The number of carbonyl (C=O) groups excluding carboxylic acids is 1. The highest BCUT2D eigenvalue weighted by atomic mass is 35.5. The fourth-order valence-corrected chi connectivity index (χ4v) is 3.76. The lowest BCUT2D eigenvalue weighted by Crippen LogP contribution is -2.52. The molecule has 3 heterocycles. The highest BCUT2D eigenvalue weighted by Gasteiger charge is 2.26. The Morgan fingerprint density at radius 3 is 2.84 bits per heavy atom. The molecule has 25 heavy (non-hydrogen) atoms. The van der Waals surface area contributed by atoms with Crippen LogP contribution in [0.3, 0.4) is 0 Å². The van der Waals surface area contributed by atoms with Crippen LogP contribution in [-0.2, 0) is 0 Å². The molecule has 1 aliphatic rings. The van der Waals surface area contributed by atoms with Gasteiger partial charge in [0.25, 0.3) is 5.91 Å². The fourth-order valence-electron chi connectivity index (χ4n) is 2.83. The second kappa shape index (κ2) is 8.19. The molecule has 0 bridgehead atoms. The van der Waals surface area contributed by atoms with Crippen LogP contribution in [0.5, 0.6) is 0 Å². The standard InChI is InChI=1S/C17H17N3O2S.2ClH/c1-11-10-18-8-9-20(11)17(21)14-7-6-13(22-14)16-19-12-4-2-3-5-15(12)23-16;;/h2-7,11,18H,8-10H2,1H3;2*1H/t11-;;/m0../s1. The summed E-state index contributed by atoms with van der Waals surface area (Å²) in [5.74, 6) is 0.983. The van der Waals surface area contributed by atoms with Crippen LogP contribution in [-0.4, -0.2) is 41.5 Å².